The van der Waals surface area contributed by atoms with Crippen molar-refractivity contribution < 1.29 is 9.53 Å². The maximum Gasteiger partial charge on any atom is 0.263 e. The van der Waals surface area contributed by atoms with Crippen LogP contribution in [0.25, 0.3) is 10.9 Å². The number of carbonyl (C=O) groups is 1. The molecule has 1 heterocycles. The second-order valence-electron chi connectivity index (χ2n) is 7.17. The van der Waals surface area contributed by atoms with Gasteiger partial charge >= 0.3 is 0 Å². The van der Waals surface area contributed by atoms with Crippen LogP contribution in [0.2, 0.25) is 5.02 Å². The molecule has 0 saturated heterocycles. The fourth-order valence-corrected chi connectivity index (χ4v) is 3.27. The van der Waals surface area contributed by atoms with E-state index in [2.05, 4.69) is 47.1 Å². The van der Waals surface area contributed by atoms with Crippen LogP contribution in [-0.2, 0) is 11.3 Å². The van der Waals surface area contributed by atoms with E-state index in [0.717, 1.165) is 13.0 Å². The van der Waals surface area contributed by atoms with Crippen LogP contribution in [0.3, 0.4) is 0 Å². The molecular formula is C22H25ClN2O2. The van der Waals surface area contributed by atoms with E-state index >= 15 is 0 Å². The summed E-state index contributed by atoms with van der Waals surface area (Å²) in [6.07, 6.45) is 0.849. The molecule has 0 aliphatic heterocycles. The van der Waals surface area contributed by atoms with E-state index in [9.17, 15) is 4.79 Å². The predicted molar refractivity (Wildman–Crippen MR) is 110 cm³/mol. The van der Waals surface area contributed by atoms with E-state index in [1.54, 1.807) is 38.1 Å². The third-order valence-corrected chi connectivity index (χ3v) is 4.85. The number of carbonyl (C=O) groups excluding carboxylic acids is 1. The fraction of sp³-hybridized carbons (Fsp3) is 0.318. The topological polar surface area (TPSA) is 43.3 Å². The average molecular weight is 385 g/mol. The van der Waals surface area contributed by atoms with Crippen molar-refractivity contribution in [3.8, 4) is 5.75 Å². The Bertz CT molecular complexity index is 929. The van der Waals surface area contributed by atoms with Crippen molar-refractivity contribution in [2.45, 2.75) is 39.3 Å². The van der Waals surface area contributed by atoms with Gasteiger partial charge in [0.25, 0.3) is 5.91 Å². The lowest BCUT2D eigenvalue weighted by Gasteiger charge is -2.25. The van der Waals surface area contributed by atoms with Gasteiger partial charge in [0.2, 0.25) is 0 Å². The molecule has 0 fully saturated rings. The van der Waals surface area contributed by atoms with Crippen molar-refractivity contribution in [2.24, 2.45) is 0 Å². The number of aromatic nitrogens is 1. The van der Waals surface area contributed by atoms with E-state index in [0.29, 0.717) is 17.3 Å². The van der Waals surface area contributed by atoms with Crippen LogP contribution < -0.4 is 10.1 Å². The molecule has 1 amide bonds. The van der Waals surface area contributed by atoms with Gasteiger partial charge in [0.15, 0.2) is 5.60 Å². The molecule has 4 nitrogen and oxygen atoms in total. The monoisotopic (exact) mass is 384 g/mol. The first-order valence-electron chi connectivity index (χ1n) is 9.14. The number of fused-ring (bicyclic) bond motifs is 1. The van der Waals surface area contributed by atoms with Crippen LogP contribution >= 0.6 is 11.6 Å². The van der Waals surface area contributed by atoms with Gasteiger partial charge in [0.1, 0.15) is 5.75 Å². The molecule has 3 rings (SSSR count). The van der Waals surface area contributed by atoms with Crippen molar-refractivity contribution in [2.75, 3.05) is 6.54 Å². The molecule has 5 heteroatoms. The Labute approximate surface area is 165 Å². The third-order valence-electron chi connectivity index (χ3n) is 4.60. The summed E-state index contributed by atoms with van der Waals surface area (Å²) in [6.45, 7) is 7.10. The molecule has 0 atom stereocenters. The van der Waals surface area contributed by atoms with E-state index in [-0.39, 0.29) is 5.91 Å². The summed E-state index contributed by atoms with van der Waals surface area (Å²) in [7, 11) is 0. The smallest absolute Gasteiger partial charge is 0.263 e. The van der Waals surface area contributed by atoms with Gasteiger partial charge in [-0.15, -0.1) is 0 Å². The number of hydrogen-bond acceptors (Lipinski definition) is 2. The minimum Gasteiger partial charge on any atom is -0.478 e. The number of aryl methyl sites for hydroxylation is 2. The highest BCUT2D eigenvalue weighted by Gasteiger charge is 2.29. The Hall–Kier alpha value is -2.46. The molecule has 2 aromatic carbocycles. The molecule has 0 aliphatic carbocycles. The Morgan fingerprint density at radius 1 is 1.15 bits per heavy atom. The molecule has 1 N–H and O–H groups in total. The first kappa shape index (κ1) is 19.3. The first-order chi connectivity index (χ1) is 12.9. The quantitative estimate of drug-likeness (QED) is 0.584. The van der Waals surface area contributed by atoms with Crippen LogP contribution in [0.1, 0.15) is 26.0 Å². The van der Waals surface area contributed by atoms with Crippen LogP contribution in [0.15, 0.2) is 54.6 Å². The highest BCUT2D eigenvalue weighted by Crippen LogP contribution is 2.21. The maximum absolute atomic E-state index is 12.5. The third kappa shape index (κ3) is 4.64. The van der Waals surface area contributed by atoms with Gasteiger partial charge in [-0.05, 0) is 69.0 Å². The van der Waals surface area contributed by atoms with Crippen LogP contribution in [-0.4, -0.2) is 22.6 Å². The molecule has 0 aliphatic rings. The zero-order valence-corrected chi connectivity index (χ0v) is 16.7. The molecule has 0 radical (unpaired) electrons. The zero-order chi connectivity index (χ0) is 19.4. The van der Waals surface area contributed by atoms with Gasteiger partial charge in [0, 0.05) is 29.3 Å². The number of rotatable bonds is 7. The summed E-state index contributed by atoms with van der Waals surface area (Å²) in [6, 6.07) is 17.6. The zero-order valence-electron chi connectivity index (χ0n) is 16.0. The van der Waals surface area contributed by atoms with Gasteiger partial charge in [-0.1, -0.05) is 29.8 Å². The highest BCUT2D eigenvalue weighted by molar-refractivity contribution is 6.30. The predicted octanol–water partition coefficient (Wildman–Crippen LogP) is 4.97. The van der Waals surface area contributed by atoms with Crippen molar-refractivity contribution in [1.29, 1.82) is 0 Å². The molecule has 0 unspecified atom stereocenters. The van der Waals surface area contributed by atoms with Gasteiger partial charge < -0.3 is 14.6 Å². The number of amides is 1. The molecular weight excluding hydrogens is 360 g/mol. The number of halogens is 1. The molecule has 0 spiro atoms. The van der Waals surface area contributed by atoms with Gasteiger partial charge in [0.05, 0.1) is 0 Å². The summed E-state index contributed by atoms with van der Waals surface area (Å²) >= 11 is 5.88. The Balaban J connectivity index is 1.52. The number of benzene rings is 2. The molecule has 142 valence electrons. The van der Waals surface area contributed by atoms with Gasteiger partial charge in [-0.25, -0.2) is 0 Å². The van der Waals surface area contributed by atoms with E-state index in [4.69, 9.17) is 16.3 Å². The van der Waals surface area contributed by atoms with Crippen molar-refractivity contribution in [3.63, 3.8) is 0 Å². The summed E-state index contributed by atoms with van der Waals surface area (Å²) in [5.41, 5.74) is 1.51. The van der Waals surface area contributed by atoms with Crippen molar-refractivity contribution in [3.05, 3.63) is 65.3 Å². The van der Waals surface area contributed by atoms with Gasteiger partial charge in [-0.2, -0.15) is 0 Å². The number of para-hydroxylation sites is 1. The van der Waals surface area contributed by atoms with Crippen molar-refractivity contribution in [1.82, 2.24) is 9.88 Å². The normalized spacial score (nSPS) is 11.6. The minimum atomic E-state index is -0.954. The Morgan fingerprint density at radius 3 is 2.59 bits per heavy atom. The summed E-state index contributed by atoms with van der Waals surface area (Å²) in [5, 5.41) is 4.86. The Kier molecular flexibility index (Phi) is 5.76. The van der Waals surface area contributed by atoms with Crippen molar-refractivity contribution >= 4 is 28.4 Å². The van der Waals surface area contributed by atoms with Crippen LogP contribution in [0.5, 0.6) is 5.75 Å². The number of hydrogen-bond donors (Lipinski definition) is 1. The van der Waals surface area contributed by atoms with E-state index < -0.39 is 5.60 Å². The summed E-state index contributed by atoms with van der Waals surface area (Å²) in [4.78, 5) is 12.5. The lowest BCUT2D eigenvalue weighted by molar-refractivity contribution is -0.134. The largest absolute Gasteiger partial charge is 0.478 e. The molecule has 1 aromatic heterocycles. The second-order valence-corrected chi connectivity index (χ2v) is 7.61. The molecule has 3 aromatic rings. The average Bonchev–Trinajstić information content (AvgIpc) is 2.95. The summed E-state index contributed by atoms with van der Waals surface area (Å²) < 4.78 is 8.11. The van der Waals surface area contributed by atoms with Crippen LogP contribution in [0.4, 0.5) is 0 Å². The molecule has 27 heavy (non-hydrogen) atoms. The lowest BCUT2D eigenvalue weighted by Crippen LogP contribution is -2.46. The molecule has 0 saturated carbocycles. The standard InChI is InChI=1S/C22H25ClN2O2/c1-16-15-17-7-4-5-8-20(17)25(16)14-6-13-24-21(26)22(2,3)27-19-11-9-18(23)10-12-19/h4-5,7-12,15H,6,13-14H2,1-3H3,(H,24,26). The fourth-order valence-electron chi connectivity index (χ4n) is 3.14. The Morgan fingerprint density at radius 2 is 1.85 bits per heavy atom. The highest BCUT2D eigenvalue weighted by atomic mass is 35.5. The number of ether oxygens (including phenoxy) is 1. The van der Waals surface area contributed by atoms with Gasteiger partial charge in [-0.3, -0.25) is 4.79 Å². The van der Waals surface area contributed by atoms with E-state index in [1.165, 1.54) is 16.6 Å². The molecule has 0 bridgehead atoms. The second kappa shape index (κ2) is 8.05. The summed E-state index contributed by atoms with van der Waals surface area (Å²) in [5.74, 6) is 0.487. The first-order valence-corrected chi connectivity index (χ1v) is 9.52. The number of nitrogens with zero attached hydrogens (tertiary/aromatic N) is 1. The lowest BCUT2D eigenvalue weighted by atomic mass is 10.1. The number of nitrogens with one attached hydrogen (secondary N) is 1. The SMILES string of the molecule is Cc1cc2ccccc2n1CCCNC(=O)C(C)(C)Oc1ccc(Cl)cc1. The minimum absolute atomic E-state index is 0.133. The van der Waals surface area contributed by atoms with Crippen LogP contribution in [0, 0.1) is 6.92 Å². The maximum atomic E-state index is 12.5. The van der Waals surface area contributed by atoms with E-state index in [1.807, 2.05) is 0 Å².